The number of ether oxygens (including phenoxy) is 1. The number of amides is 1. The normalized spacial score (nSPS) is 22.0. The van der Waals surface area contributed by atoms with Gasteiger partial charge in [0.25, 0.3) is 0 Å². The van der Waals surface area contributed by atoms with E-state index in [4.69, 9.17) is 4.74 Å². The van der Waals surface area contributed by atoms with Crippen molar-refractivity contribution in [3.05, 3.63) is 30.3 Å². The Bertz CT molecular complexity index is 471. The number of benzene rings is 1. The summed E-state index contributed by atoms with van der Waals surface area (Å²) in [4.78, 5) is 11.9. The third-order valence-electron chi connectivity index (χ3n) is 3.53. The summed E-state index contributed by atoms with van der Waals surface area (Å²) < 4.78 is 44.7. The van der Waals surface area contributed by atoms with Crippen molar-refractivity contribution in [2.75, 3.05) is 26.2 Å². The summed E-state index contributed by atoms with van der Waals surface area (Å²) >= 11 is 0. The van der Waals surface area contributed by atoms with Gasteiger partial charge in [0.2, 0.25) is 5.91 Å². The first-order valence-electron chi connectivity index (χ1n) is 6.69. The van der Waals surface area contributed by atoms with Crippen LogP contribution in [0.1, 0.15) is 6.42 Å². The lowest BCUT2D eigenvalue weighted by Crippen LogP contribution is -2.52. The Kier molecular flexibility index (Phi) is 4.72. The number of rotatable bonds is 5. The van der Waals surface area contributed by atoms with E-state index < -0.39 is 17.5 Å². The summed E-state index contributed by atoms with van der Waals surface area (Å²) in [6, 6.07) is 8.88. The van der Waals surface area contributed by atoms with Gasteiger partial charge in [0.1, 0.15) is 12.4 Å². The zero-order valence-electron chi connectivity index (χ0n) is 11.4. The SMILES string of the molecule is O=C(NCCOc1ccccc1)C1(C(F)(F)F)CCNC1. The van der Waals surface area contributed by atoms with Gasteiger partial charge in [-0.15, -0.1) is 0 Å². The van der Waals surface area contributed by atoms with Gasteiger partial charge in [-0.25, -0.2) is 0 Å². The minimum atomic E-state index is -4.55. The van der Waals surface area contributed by atoms with E-state index in [1.807, 2.05) is 6.07 Å². The van der Waals surface area contributed by atoms with Crippen LogP contribution < -0.4 is 15.4 Å². The predicted molar refractivity (Wildman–Crippen MR) is 70.9 cm³/mol. The van der Waals surface area contributed by atoms with Crippen LogP contribution in [0.25, 0.3) is 0 Å². The average molecular weight is 302 g/mol. The van der Waals surface area contributed by atoms with Crippen molar-refractivity contribution in [2.24, 2.45) is 5.41 Å². The van der Waals surface area contributed by atoms with Crippen LogP contribution in [0.4, 0.5) is 13.2 Å². The van der Waals surface area contributed by atoms with Crippen LogP contribution in [0.15, 0.2) is 30.3 Å². The first-order valence-corrected chi connectivity index (χ1v) is 6.69. The average Bonchev–Trinajstić information content (AvgIpc) is 2.95. The molecule has 1 aromatic rings. The van der Waals surface area contributed by atoms with E-state index in [1.165, 1.54) is 0 Å². The molecule has 0 bridgehead atoms. The topological polar surface area (TPSA) is 50.4 Å². The van der Waals surface area contributed by atoms with Crippen molar-refractivity contribution in [3.8, 4) is 5.75 Å². The quantitative estimate of drug-likeness (QED) is 0.814. The highest BCUT2D eigenvalue weighted by atomic mass is 19.4. The summed E-state index contributed by atoms with van der Waals surface area (Å²) in [6.07, 6.45) is -4.79. The van der Waals surface area contributed by atoms with Crippen molar-refractivity contribution in [1.29, 1.82) is 0 Å². The summed E-state index contributed by atoms with van der Waals surface area (Å²) in [7, 11) is 0. The predicted octanol–water partition coefficient (Wildman–Crippen LogP) is 1.72. The number of carbonyl (C=O) groups excluding carboxylic acids is 1. The number of carbonyl (C=O) groups is 1. The monoisotopic (exact) mass is 302 g/mol. The van der Waals surface area contributed by atoms with Gasteiger partial charge in [0.15, 0.2) is 5.41 Å². The second-order valence-corrected chi connectivity index (χ2v) is 4.92. The van der Waals surface area contributed by atoms with Crippen molar-refractivity contribution in [2.45, 2.75) is 12.6 Å². The van der Waals surface area contributed by atoms with Gasteiger partial charge in [-0.2, -0.15) is 13.2 Å². The number of halogens is 3. The Hall–Kier alpha value is -1.76. The van der Waals surface area contributed by atoms with E-state index in [2.05, 4.69) is 10.6 Å². The molecule has 0 aliphatic carbocycles. The molecule has 1 atom stereocenters. The lowest BCUT2D eigenvalue weighted by molar-refractivity contribution is -0.216. The Morgan fingerprint density at radius 3 is 2.62 bits per heavy atom. The zero-order chi connectivity index (χ0) is 15.3. The van der Waals surface area contributed by atoms with E-state index >= 15 is 0 Å². The summed E-state index contributed by atoms with van der Waals surface area (Å²) in [5.74, 6) is -0.378. The maximum Gasteiger partial charge on any atom is 0.404 e. The smallest absolute Gasteiger partial charge is 0.404 e. The highest BCUT2D eigenvalue weighted by molar-refractivity contribution is 5.84. The van der Waals surface area contributed by atoms with Gasteiger partial charge in [-0.05, 0) is 25.1 Å². The molecule has 1 heterocycles. The van der Waals surface area contributed by atoms with Crippen LogP contribution in [-0.4, -0.2) is 38.3 Å². The fraction of sp³-hybridized carbons (Fsp3) is 0.500. The van der Waals surface area contributed by atoms with E-state index in [-0.39, 0.29) is 32.7 Å². The second-order valence-electron chi connectivity index (χ2n) is 4.92. The Morgan fingerprint density at radius 2 is 2.05 bits per heavy atom. The maximum absolute atomic E-state index is 13.1. The Balaban J connectivity index is 1.83. The summed E-state index contributed by atoms with van der Waals surface area (Å²) in [5.41, 5.74) is -2.32. The molecule has 1 unspecified atom stereocenters. The van der Waals surface area contributed by atoms with Crippen molar-refractivity contribution in [1.82, 2.24) is 10.6 Å². The molecule has 2 N–H and O–H groups in total. The molecule has 1 aromatic carbocycles. The minimum Gasteiger partial charge on any atom is -0.492 e. The molecule has 116 valence electrons. The first-order chi connectivity index (χ1) is 9.96. The van der Waals surface area contributed by atoms with Crippen LogP contribution >= 0.6 is 0 Å². The van der Waals surface area contributed by atoms with Gasteiger partial charge in [0, 0.05) is 6.54 Å². The van der Waals surface area contributed by atoms with Crippen LogP contribution in [0.5, 0.6) is 5.75 Å². The van der Waals surface area contributed by atoms with Crippen molar-refractivity contribution < 1.29 is 22.7 Å². The largest absolute Gasteiger partial charge is 0.492 e. The van der Waals surface area contributed by atoms with E-state index in [1.54, 1.807) is 24.3 Å². The molecule has 0 saturated carbocycles. The van der Waals surface area contributed by atoms with Gasteiger partial charge in [-0.1, -0.05) is 18.2 Å². The molecule has 7 heteroatoms. The first kappa shape index (κ1) is 15.6. The molecule has 0 radical (unpaired) electrons. The Morgan fingerprint density at radius 1 is 1.33 bits per heavy atom. The molecule has 0 aromatic heterocycles. The minimum absolute atomic E-state index is 0.0333. The molecule has 1 fully saturated rings. The van der Waals surface area contributed by atoms with Crippen LogP contribution in [0.2, 0.25) is 0 Å². The van der Waals surface area contributed by atoms with Gasteiger partial charge in [0.05, 0.1) is 6.54 Å². The highest BCUT2D eigenvalue weighted by Crippen LogP contribution is 2.43. The molecule has 2 rings (SSSR count). The number of hydrogen-bond donors (Lipinski definition) is 2. The zero-order valence-corrected chi connectivity index (χ0v) is 11.4. The molecule has 1 aliphatic rings. The van der Waals surface area contributed by atoms with Crippen molar-refractivity contribution >= 4 is 5.91 Å². The lowest BCUT2D eigenvalue weighted by Gasteiger charge is -2.29. The fourth-order valence-electron chi connectivity index (χ4n) is 2.28. The molecule has 0 spiro atoms. The lowest BCUT2D eigenvalue weighted by atomic mass is 9.85. The molecule has 1 amide bonds. The Labute approximate surface area is 120 Å². The second kappa shape index (κ2) is 6.34. The molecule has 1 aliphatic heterocycles. The van der Waals surface area contributed by atoms with Crippen LogP contribution in [0.3, 0.4) is 0 Å². The van der Waals surface area contributed by atoms with Crippen LogP contribution in [-0.2, 0) is 4.79 Å². The number of para-hydroxylation sites is 1. The van der Waals surface area contributed by atoms with E-state index in [0.29, 0.717) is 5.75 Å². The number of alkyl halides is 3. The van der Waals surface area contributed by atoms with Crippen molar-refractivity contribution in [3.63, 3.8) is 0 Å². The summed E-state index contributed by atoms with van der Waals surface area (Å²) in [5, 5.41) is 4.92. The standard InChI is InChI=1S/C14H17F3N2O2/c15-14(16,17)13(6-7-18-10-13)12(20)19-8-9-21-11-4-2-1-3-5-11/h1-5,18H,6-10H2,(H,19,20). The third kappa shape index (κ3) is 3.47. The molecular formula is C14H17F3N2O2. The van der Waals surface area contributed by atoms with E-state index in [9.17, 15) is 18.0 Å². The highest BCUT2D eigenvalue weighted by Gasteiger charge is 2.61. The maximum atomic E-state index is 13.1. The van der Waals surface area contributed by atoms with Gasteiger partial charge < -0.3 is 15.4 Å². The third-order valence-corrected chi connectivity index (χ3v) is 3.53. The fourth-order valence-corrected chi connectivity index (χ4v) is 2.28. The van der Waals surface area contributed by atoms with Gasteiger partial charge >= 0.3 is 6.18 Å². The molecular weight excluding hydrogens is 285 g/mol. The van der Waals surface area contributed by atoms with E-state index in [0.717, 1.165) is 0 Å². The van der Waals surface area contributed by atoms with Gasteiger partial charge in [-0.3, -0.25) is 4.79 Å². The molecule has 1 saturated heterocycles. The molecule has 4 nitrogen and oxygen atoms in total. The van der Waals surface area contributed by atoms with Crippen LogP contribution in [0, 0.1) is 5.41 Å². The number of nitrogens with one attached hydrogen (secondary N) is 2. The summed E-state index contributed by atoms with van der Waals surface area (Å²) in [6.45, 7) is -0.0298. The molecule has 21 heavy (non-hydrogen) atoms. The number of hydrogen-bond acceptors (Lipinski definition) is 3.